The summed E-state index contributed by atoms with van der Waals surface area (Å²) < 4.78 is 1.90. The summed E-state index contributed by atoms with van der Waals surface area (Å²) in [7, 11) is 0. The molecule has 33 heavy (non-hydrogen) atoms. The molecule has 0 saturated carbocycles. The third-order valence-corrected chi connectivity index (χ3v) is 7.09. The van der Waals surface area contributed by atoms with Gasteiger partial charge in [0.05, 0.1) is 16.0 Å². The molecule has 1 amide bonds. The molecule has 172 valence electrons. The zero-order chi connectivity index (χ0) is 22.9. The van der Waals surface area contributed by atoms with Crippen LogP contribution in [0.15, 0.2) is 53.3 Å². The maximum absolute atomic E-state index is 12.9. The highest BCUT2D eigenvalue weighted by Crippen LogP contribution is 2.29. The molecule has 9 nitrogen and oxygen atoms in total. The second-order valence-electron chi connectivity index (χ2n) is 8.88. The molecule has 0 atom stereocenters. The normalized spacial score (nSPS) is 18.6. The number of nitro benzene ring substituents is 1. The summed E-state index contributed by atoms with van der Waals surface area (Å²) in [6.45, 7) is 3.02. The number of aromatic amines is 1. The number of nitrogens with zero attached hydrogens (tertiary/aromatic N) is 4. The third-order valence-electron chi connectivity index (χ3n) is 7.09. The van der Waals surface area contributed by atoms with E-state index in [1.165, 1.54) is 12.1 Å². The van der Waals surface area contributed by atoms with Crippen LogP contribution in [0, 0.1) is 10.1 Å². The van der Waals surface area contributed by atoms with Gasteiger partial charge in [-0.3, -0.25) is 19.5 Å². The minimum absolute atomic E-state index is 0.0449. The van der Waals surface area contributed by atoms with Gasteiger partial charge in [-0.25, -0.2) is 4.79 Å². The number of carbonyl (C=O) groups excluding carboxylic acids is 1. The first-order valence-electron chi connectivity index (χ1n) is 11.5. The van der Waals surface area contributed by atoms with Gasteiger partial charge in [-0.1, -0.05) is 24.3 Å². The average molecular weight is 450 g/mol. The molecule has 2 aliphatic rings. The van der Waals surface area contributed by atoms with E-state index in [4.69, 9.17) is 0 Å². The van der Waals surface area contributed by atoms with Crippen LogP contribution >= 0.6 is 0 Å². The SMILES string of the molecule is O=C(c1ccccc1[N+](=O)[O-])N1CCC(N2CCC(n3c(=O)[nH]c4ccccc43)CC2)CC1. The van der Waals surface area contributed by atoms with Gasteiger partial charge >= 0.3 is 5.69 Å². The highest BCUT2D eigenvalue weighted by Gasteiger charge is 2.32. The topological polar surface area (TPSA) is 104 Å². The van der Waals surface area contributed by atoms with Gasteiger partial charge in [0.15, 0.2) is 0 Å². The molecule has 5 rings (SSSR count). The molecule has 1 N–H and O–H groups in total. The second kappa shape index (κ2) is 8.82. The van der Waals surface area contributed by atoms with Crippen LogP contribution in [0.3, 0.4) is 0 Å². The van der Waals surface area contributed by atoms with Crippen molar-refractivity contribution < 1.29 is 9.72 Å². The van der Waals surface area contributed by atoms with E-state index in [1.807, 2.05) is 28.8 Å². The number of fused-ring (bicyclic) bond motifs is 1. The zero-order valence-electron chi connectivity index (χ0n) is 18.4. The minimum atomic E-state index is -0.497. The van der Waals surface area contributed by atoms with Crippen LogP contribution < -0.4 is 5.69 Å². The highest BCUT2D eigenvalue weighted by molar-refractivity contribution is 5.98. The van der Waals surface area contributed by atoms with Crippen molar-refractivity contribution in [3.05, 3.63) is 74.7 Å². The second-order valence-corrected chi connectivity index (χ2v) is 8.88. The number of amides is 1. The van der Waals surface area contributed by atoms with Crippen LogP contribution in [0.1, 0.15) is 42.1 Å². The molecule has 2 aliphatic heterocycles. The van der Waals surface area contributed by atoms with Crippen LogP contribution in [0.4, 0.5) is 5.69 Å². The standard InChI is InChI=1S/C24H27N5O4/c30-23(19-5-1-3-7-21(19)29(32)33)27-15-9-17(10-16-27)26-13-11-18(12-14-26)28-22-8-4-2-6-20(22)25-24(28)31/h1-8,17-18H,9-16H2,(H,25,31). The summed E-state index contributed by atoms with van der Waals surface area (Å²) >= 11 is 0. The fourth-order valence-corrected chi connectivity index (χ4v) is 5.36. The number of para-hydroxylation sites is 3. The molecular formula is C24H27N5O4. The summed E-state index contributed by atoms with van der Waals surface area (Å²) in [5.74, 6) is -0.266. The molecule has 9 heteroatoms. The number of H-pyrrole nitrogens is 1. The molecular weight excluding hydrogens is 422 g/mol. The van der Waals surface area contributed by atoms with Crippen LogP contribution in [0.2, 0.25) is 0 Å². The van der Waals surface area contributed by atoms with Crippen molar-refractivity contribution >= 4 is 22.6 Å². The Balaban J connectivity index is 1.19. The summed E-state index contributed by atoms with van der Waals surface area (Å²) in [5.41, 5.74) is 1.81. The Labute approximate surface area is 190 Å². The van der Waals surface area contributed by atoms with E-state index in [0.29, 0.717) is 19.1 Å². The molecule has 3 aromatic rings. The molecule has 1 aromatic heterocycles. The van der Waals surface area contributed by atoms with Gasteiger partial charge in [-0.05, 0) is 43.9 Å². The van der Waals surface area contributed by atoms with Crippen molar-refractivity contribution in [2.45, 2.75) is 37.8 Å². The lowest BCUT2D eigenvalue weighted by Gasteiger charge is -2.42. The number of hydrogen-bond donors (Lipinski definition) is 1. The predicted octanol–water partition coefficient (Wildman–Crippen LogP) is 3.18. The molecule has 2 fully saturated rings. The molecule has 0 radical (unpaired) electrons. The Hall–Kier alpha value is -3.46. The Kier molecular flexibility index (Phi) is 5.72. The fraction of sp³-hybridized carbons (Fsp3) is 0.417. The Morgan fingerprint density at radius 2 is 1.55 bits per heavy atom. The molecule has 0 bridgehead atoms. The lowest BCUT2D eigenvalue weighted by atomic mass is 9.97. The highest BCUT2D eigenvalue weighted by atomic mass is 16.6. The van der Waals surface area contributed by atoms with Crippen molar-refractivity contribution in [3.63, 3.8) is 0 Å². The Morgan fingerprint density at radius 1 is 0.909 bits per heavy atom. The number of hydrogen-bond acceptors (Lipinski definition) is 5. The van der Waals surface area contributed by atoms with Crippen molar-refractivity contribution in [1.82, 2.24) is 19.4 Å². The van der Waals surface area contributed by atoms with Gasteiger partial charge in [-0.2, -0.15) is 0 Å². The van der Waals surface area contributed by atoms with Gasteiger partial charge in [0.25, 0.3) is 11.6 Å². The minimum Gasteiger partial charge on any atom is -0.338 e. The van der Waals surface area contributed by atoms with Crippen LogP contribution in [-0.4, -0.2) is 62.4 Å². The first-order valence-corrected chi connectivity index (χ1v) is 11.5. The lowest BCUT2D eigenvalue weighted by molar-refractivity contribution is -0.385. The summed E-state index contributed by atoms with van der Waals surface area (Å²) in [4.78, 5) is 43.4. The van der Waals surface area contributed by atoms with Gasteiger partial charge in [0.1, 0.15) is 5.56 Å². The molecule has 2 aromatic carbocycles. The van der Waals surface area contributed by atoms with E-state index >= 15 is 0 Å². The molecule has 2 saturated heterocycles. The fourth-order valence-electron chi connectivity index (χ4n) is 5.36. The first kappa shape index (κ1) is 21.4. The predicted molar refractivity (Wildman–Crippen MR) is 124 cm³/mol. The number of nitrogens with one attached hydrogen (secondary N) is 1. The Bertz CT molecular complexity index is 1230. The van der Waals surface area contributed by atoms with E-state index < -0.39 is 4.92 Å². The van der Waals surface area contributed by atoms with Crippen LogP contribution in [-0.2, 0) is 0 Å². The van der Waals surface area contributed by atoms with Gasteiger partial charge in [0.2, 0.25) is 0 Å². The molecule has 3 heterocycles. The van der Waals surface area contributed by atoms with E-state index in [-0.39, 0.29) is 28.9 Å². The molecule has 0 spiro atoms. The third kappa shape index (κ3) is 4.04. The number of rotatable bonds is 4. The average Bonchev–Trinajstić information content (AvgIpc) is 3.19. The summed E-state index contributed by atoms with van der Waals surface area (Å²) in [6.07, 6.45) is 3.53. The van der Waals surface area contributed by atoms with Crippen molar-refractivity contribution in [3.8, 4) is 0 Å². The van der Waals surface area contributed by atoms with Gasteiger partial charge in [0, 0.05) is 44.3 Å². The van der Waals surface area contributed by atoms with Crippen molar-refractivity contribution in [1.29, 1.82) is 0 Å². The Morgan fingerprint density at radius 3 is 2.27 bits per heavy atom. The van der Waals surface area contributed by atoms with E-state index in [1.54, 1.807) is 17.0 Å². The van der Waals surface area contributed by atoms with Crippen LogP contribution in [0.25, 0.3) is 11.0 Å². The lowest BCUT2D eigenvalue weighted by Crippen LogP contribution is -2.49. The largest absolute Gasteiger partial charge is 0.338 e. The van der Waals surface area contributed by atoms with E-state index in [2.05, 4.69) is 9.88 Å². The first-order chi connectivity index (χ1) is 16.0. The van der Waals surface area contributed by atoms with Gasteiger partial charge < -0.3 is 14.8 Å². The van der Waals surface area contributed by atoms with Gasteiger partial charge in [-0.15, -0.1) is 0 Å². The smallest absolute Gasteiger partial charge is 0.326 e. The van der Waals surface area contributed by atoms with E-state index in [0.717, 1.165) is 49.8 Å². The summed E-state index contributed by atoms with van der Waals surface area (Å²) in [5, 5.41) is 11.3. The molecule has 0 unspecified atom stereocenters. The van der Waals surface area contributed by atoms with Crippen molar-refractivity contribution in [2.75, 3.05) is 26.2 Å². The number of nitro groups is 1. The van der Waals surface area contributed by atoms with Crippen LogP contribution in [0.5, 0.6) is 0 Å². The number of imidazole rings is 1. The number of piperidine rings is 2. The number of likely N-dealkylation sites (tertiary alicyclic amines) is 2. The monoisotopic (exact) mass is 449 g/mol. The maximum Gasteiger partial charge on any atom is 0.326 e. The number of benzene rings is 2. The quantitative estimate of drug-likeness (QED) is 0.487. The number of aromatic nitrogens is 2. The van der Waals surface area contributed by atoms with E-state index in [9.17, 15) is 19.7 Å². The summed E-state index contributed by atoms with van der Waals surface area (Å²) in [6, 6.07) is 14.5. The maximum atomic E-state index is 12.9. The number of carbonyl (C=O) groups is 1. The zero-order valence-corrected chi connectivity index (χ0v) is 18.4. The van der Waals surface area contributed by atoms with Crippen molar-refractivity contribution in [2.24, 2.45) is 0 Å². The molecule has 0 aliphatic carbocycles.